The quantitative estimate of drug-likeness (QED) is 0.631. The lowest BCUT2D eigenvalue weighted by Gasteiger charge is -2.09. The minimum atomic E-state index is -0.0420. The lowest BCUT2D eigenvalue weighted by Crippen LogP contribution is -2.15. The fourth-order valence-electron chi connectivity index (χ4n) is 2.22. The lowest BCUT2D eigenvalue weighted by atomic mass is 10.2. The summed E-state index contributed by atoms with van der Waals surface area (Å²) in [5.74, 6) is 0.265. The van der Waals surface area contributed by atoms with Crippen molar-refractivity contribution in [2.24, 2.45) is 0 Å². The highest BCUT2D eigenvalue weighted by Crippen LogP contribution is 2.22. The van der Waals surface area contributed by atoms with Crippen LogP contribution in [-0.4, -0.2) is 21.2 Å². The second kappa shape index (κ2) is 7.68. The van der Waals surface area contributed by atoms with Gasteiger partial charge in [-0.25, -0.2) is 4.98 Å². The molecule has 0 spiro atoms. The third kappa shape index (κ3) is 4.07. The molecule has 0 bridgehead atoms. The monoisotopic (exact) mass is 401 g/mol. The summed E-state index contributed by atoms with van der Waals surface area (Å²) >= 11 is 4.85. The largest absolute Gasteiger partial charge is 0.325 e. The number of para-hydroxylation sites is 1. The SMILES string of the molecule is Cc1ccccc1NC(=O)CSc1nccn1-c1ccc(Br)cc1. The zero-order chi connectivity index (χ0) is 16.9. The topological polar surface area (TPSA) is 46.9 Å². The maximum Gasteiger partial charge on any atom is 0.234 e. The Bertz CT molecular complexity index is 845. The van der Waals surface area contributed by atoms with Crippen LogP contribution in [0.15, 0.2) is 70.6 Å². The van der Waals surface area contributed by atoms with E-state index in [2.05, 4.69) is 26.2 Å². The zero-order valence-corrected chi connectivity index (χ0v) is 15.5. The number of carbonyl (C=O) groups is 1. The van der Waals surface area contributed by atoms with Crippen LogP contribution < -0.4 is 5.32 Å². The van der Waals surface area contributed by atoms with Gasteiger partial charge in [-0.05, 0) is 42.8 Å². The van der Waals surface area contributed by atoms with Crippen LogP contribution >= 0.6 is 27.7 Å². The van der Waals surface area contributed by atoms with Crippen molar-refractivity contribution in [2.75, 3.05) is 11.1 Å². The van der Waals surface area contributed by atoms with Crippen LogP contribution in [0.1, 0.15) is 5.56 Å². The van der Waals surface area contributed by atoms with Crippen molar-refractivity contribution in [3.05, 3.63) is 71.0 Å². The lowest BCUT2D eigenvalue weighted by molar-refractivity contribution is -0.113. The number of imidazole rings is 1. The van der Waals surface area contributed by atoms with Gasteiger partial charge in [-0.3, -0.25) is 9.36 Å². The van der Waals surface area contributed by atoms with E-state index in [-0.39, 0.29) is 5.91 Å². The summed E-state index contributed by atoms with van der Waals surface area (Å²) in [6, 6.07) is 15.7. The summed E-state index contributed by atoms with van der Waals surface area (Å²) < 4.78 is 3.00. The molecule has 0 radical (unpaired) electrons. The molecule has 2 aromatic carbocycles. The van der Waals surface area contributed by atoms with E-state index >= 15 is 0 Å². The van der Waals surface area contributed by atoms with Crippen molar-refractivity contribution >= 4 is 39.3 Å². The molecule has 0 saturated heterocycles. The van der Waals surface area contributed by atoms with Crippen molar-refractivity contribution in [1.29, 1.82) is 0 Å². The molecule has 0 unspecified atom stereocenters. The third-order valence-corrected chi connectivity index (χ3v) is 4.96. The van der Waals surface area contributed by atoms with E-state index in [0.717, 1.165) is 26.6 Å². The fraction of sp³-hybridized carbons (Fsp3) is 0.111. The number of benzene rings is 2. The number of carbonyl (C=O) groups excluding carboxylic acids is 1. The molecule has 1 aromatic heterocycles. The average molecular weight is 402 g/mol. The Morgan fingerprint density at radius 1 is 1.21 bits per heavy atom. The predicted octanol–water partition coefficient (Wildman–Crippen LogP) is 4.67. The molecule has 0 atom stereocenters. The van der Waals surface area contributed by atoms with Gasteiger partial charge in [-0.2, -0.15) is 0 Å². The number of aromatic nitrogens is 2. The molecule has 24 heavy (non-hydrogen) atoms. The van der Waals surface area contributed by atoms with Gasteiger partial charge in [0.25, 0.3) is 0 Å². The summed E-state index contributed by atoms with van der Waals surface area (Å²) in [4.78, 5) is 16.5. The molecule has 3 aromatic rings. The summed E-state index contributed by atoms with van der Waals surface area (Å²) in [7, 11) is 0. The number of nitrogens with zero attached hydrogens (tertiary/aromatic N) is 2. The molecule has 122 valence electrons. The van der Waals surface area contributed by atoms with Crippen LogP contribution in [0.5, 0.6) is 0 Å². The number of rotatable bonds is 5. The van der Waals surface area contributed by atoms with E-state index in [0.29, 0.717) is 5.75 Å². The van der Waals surface area contributed by atoms with Gasteiger partial charge in [-0.1, -0.05) is 45.9 Å². The highest BCUT2D eigenvalue weighted by molar-refractivity contribution is 9.10. The Labute approximate surface area is 153 Å². The van der Waals surface area contributed by atoms with Crippen molar-refractivity contribution < 1.29 is 4.79 Å². The number of hydrogen-bond acceptors (Lipinski definition) is 3. The fourth-order valence-corrected chi connectivity index (χ4v) is 3.26. The summed E-state index contributed by atoms with van der Waals surface area (Å²) in [5, 5.41) is 3.73. The zero-order valence-electron chi connectivity index (χ0n) is 13.1. The number of nitrogens with one attached hydrogen (secondary N) is 1. The van der Waals surface area contributed by atoms with Crippen LogP contribution in [0.3, 0.4) is 0 Å². The molecular weight excluding hydrogens is 386 g/mol. The van der Waals surface area contributed by atoms with Gasteiger partial charge in [0, 0.05) is 28.2 Å². The van der Waals surface area contributed by atoms with Crippen molar-refractivity contribution in [1.82, 2.24) is 9.55 Å². The Hall–Kier alpha value is -2.05. The molecule has 0 saturated carbocycles. The number of anilines is 1. The van der Waals surface area contributed by atoms with Gasteiger partial charge in [0.15, 0.2) is 5.16 Å². The summed E-state index contributed by atoms with van der Waals surface area (Å²) in [6.45, 7) is 1.98. The van der Waals surface area contributed by atoms with Gasteiger partial charge in [0.1, 0.15) is 0 Å². The summed E-state index contributed by atoms with van der Waals surface area (Å²) in [5.41, 5.74) is 2.91. The van der Waals surface area contributed by atoms with Crippen LogP contribution in [0, 0.1) is 6.92 Å². The first kappa shape index (κ1) is 16.8. The number of amides is 1. The van der Waals surface area contributed by atoms with Crippen LogP contribution in [0.4, 0.5) is 5.69 Å². The maximum absolute atomic E-state index is 12.2. The summed E-state index contributed by atoms with van der Waals surface area (Å²) in [6.07, 6.45) is 3.63. The van der Waals surface area contributed by atoms with E-state index in [1.165, 1.54) is 11.8 Å². The van der Waals surface area contributed by atoms with Crippen molar-refractivity contribution in [3.8, 4) is 5.69 Å². The first-order chi connectivity index (χ1) is 11.6. The minimum absolute atomic E-state index is 0.0420. The van der Waals surface area contributed by atoms with Crippen LogP contribution in [-0.2, 0) is 4.79 Å². The number of halogens is 1. The van der Waals surface area contributed by atoms with Gasteiger partial charge in [0.05, 0.1) is 5.75 Å². The molecule has 0 fully saturated rings. The third-order valence-electron chi connectivity index (χ3n) is 3.46. The first-order valence-corrected chi connectivity index (χ1v) is 9.19. The normalized spacial score (nSPS) is 10.6. The van der Waals surface area contributed by atoms with Crippen LogP contribution in [0.25, 0.3) is 5.69 Å². The first-order valence-electron chi connectivity index (χ1n) is 7.41. The predicted molar refractivity (Wildman–Crippen MR) is 102 cm³/mol. The molecule has 0 aliphatic heterocycles. The Kier molecular flexibility index (Phi) is 5.37. The van der Waals surface area contributed by atoms with Crippen LogP contribution in [0.2, 0.25) is 0 Å². The van der Waals surface area contributed by atoms with Gasteiger partial charge >= 0.3 is 0 Å². The minimum Gasteiger partial charge on any atom is -0.325 e. The second-order valence-electron chi connectivity index (χ2n) is 5.21. The molecule has 0 aliphatic rings. The highest BCUT2D eigenvalue weighted by atomic mass is 79.9. The average Bonchev–Trinajstić information content (AvgIpc) is 3.04. The Morgan fingerprint density at radius 2 is 1.96 bits per heavy atom. The number of hydrogen-bond donors (Lipinski definition) is 1. The van der Waals surface area contributed by atoms with Gasteiger partial charge < -0.3 is 5.32 Å². The molecule has 1 N–H and O–H groups in total. The Balaban J connectivity index is 1.65. The molecule has 6 heteroatoms. The molecule has 1 amide bonds. The van der Waals surface area contributed by atoms with Crippen molar-refractivity contribution in [2.45, 2.75) is 12.1 Å². The van der Waals surface area contributed by atoms with E-state index in [1.807, 2.05) is 66.2 Å². The number of thioether (sulfide) groups is 1. The Morgan fingerprint density at radius 3 is 2.71 bits per heavy atom. The van der Waals surface area contributed by atoms with Crippen molar-refractivity contribution in [3.63, 3.8) is 0 Å². The molecule has 4 nitrogen and oxygen atoms in total. The molecular formula is C18H16BrN3OS. The van der Waals surface area contributed by atoms with E-state index in [1.54, 1.807) is 6.20 Å². The molecule has 1 heterocycles. The van der Waals surface area contributed by atoms with Gasteiger partial charge in [0.2, 0.25) is 5.91 Å². The van der Waals surface area contributed by atoms with Gasteiger partial charge in [-0.15, -0.1) is 0 Å². The van der Waals surface area contributed by atoms with E-state index in [9.17, 15) is 4.79 Å². The smallest absolute Gasteiger partial charge is 0.234 e. The van der Waals surface area contributed by atoms with E-state index in [4.69, 9.17) is 0 Å². The maximum atomic E-state index is 12.2. The number of aryl methyl sites for hydroxylation is 1. The highest BCUT2D eigenvalue weighted by Gasteiger charge is 2.10. The molecule has 0 aliphatic carbocycles. The molecule has 3 rings (SSSR count). The standard InChI is InChI=1S/C18H16BrN3OS/c1-13-4-2-3-5-16(13)21-17(23)12-24-18-20-10-11-22(18)15-8-6-14(19)7-9-15/h2-11H,12H2,1H3,(H,21,23). The second-order valence-corrected chi connectivity index (χ2v) is 7.07. The van der Waals surface area contributed by atoms with E-state index < -0.39 is 0 Å².